The summed E-state index contributed by atoms with van der Waals surface area (Å²) >= 11 is 6.26. The van der Waals surface area contributed by atoms with Gasteiger partial charge < -0.3 is 19.8 Å². The molecular formula is C22H21ClN2O5. The molecule has 1 fully saturated rings. The second kappa shape index (κ2) is 10.0. The van der Waals surface area contributed by atoms with Gasteiger partial charge in [0.05, 0.1) is 31.5 Å². The van der Waals surface area contributed by atoms with Crippen LogP contribution in [0.2, 0.25) is 5.02 Å². The Morgan fingerprint density at radius 3 is 2.47 bits per heavy atom. The summed E-state index contributed by atoms with van der Waals surface area (Å²) in [6.45, 7) is 3.14. The van der Waals surface area contributed by atoms with Crippen molar-refractivity contribution in [1.29, 1.82) is 0 Å². The molecule has 0 aromatic heterocycles. The van der Waals surface area contributed by atoms with E-state index in [4.69, 9.17) is 31.5 Å². The molecule has 1 unspecified atom stereocenters. The van der Waals surface area contributed by atoms with Crippen LogP contribution in [0, 0.1) is 0 Å². The van der Waals surface area contributed by atoms with Crippen molar-refractivity contribution in [1.82, 2.24) is 0 Å². The molecular weight excluding hydrogens is 408 g/mol. The number of carboxylic acids is 2. The summed E-state index contributed by atoms with van der Waals surface area (Å²) in [6.07, 6.45) is 1.12. The first kappa shape index (κ1) is 21.5. The maximum Gasteiger partial charge on any atom is 0.328 e. The molecule has 2 heterocycles. The standard InChI is InChI=1S/C18H17ClN2O.C4H4O4/c19-14-6-7-17-16(10-14)18(13-4-2-1-3-5-13)20-11-15-12-22-9-8-21(15)17;5-3(6)1-2-4(7)8/h1-7,10,15H,8-9,11-12H2;1-2H,(H,5,6)(H,7,8)/b;2-1-. The molecule has 2 N–H and O–H groups in total. The number of rotatable bonds is 3. The lowest BCUT2D eigenvalue weighted by atomic mass is 10.00. The highest BCUT2D eigenvalue weighted by molar-refractivity contribution is 6.31. The molecule has 30 heavy (non-hydrogen) atoms. The molecule has 2 aromatic rings. The third-order valence-corrected chi connectivity index (χ3v) is 4.86. The topological polar surface area (TPSA) is 99.4 Å². The molecule has 2 aliphatic rings. The van der Waals surface area contributed by atoms with Gasteiger partial charge in [-0.25, -0.2) is 9.59 Å². The van der Waals surface area contributed by atoms with E-state index in [1.54, 1.807) is 0 Å². The molecule has 4 rings (SSSR count). The molecule has 0 saturated carbocycles. The summed E-state index contributed by atoms with van der Waals surface area (Å²) in [5, 5.41) is 16.4. The zero-order valence-electron chi connectivity index (χ0n) is 16.1. The Morgan fingerprint density at radius 2 is 1.80 bits per heavy atom. The molecule has 0 spiro atoms. The van der Waals surface area contributed by atoms with Gasteiger partial charge >= 0.3 is 11.9 Å². The minimum atomic E-state index is -1.26. The van der Waals surface area contributed by atoms with Crippen LogP contribution < -0.4 is 4.90 Å². The molecule has 0 amide bonds. The van der Waals surface area contributed by atoms with E-state index in [2.05, 4.69) is 23.1 Å². The van der Waals surface area contributed by atoms with Crippen LogP contribution in [0.5, 0.6) is 0 Å². The Morgan fingerprint density at radius 1 is 1.10 bits per heavy atom. The number of carbonyl (C=O) groups is 2. The molecule has 2 aliphatic heterocycles. The number of benzene rings is 2. The molecule has 1 atom stereocenters. The zero-order valence-corrected chi connectivity index (χ0v) is 16.8. The number of hydrogen-bond acceptors (Lipinski definition) is 5. The third-order valence-electron chi connectivity index (χ3n) is 4.63. The summed E-state index contributed by atoms with van der Waals surface area (Å²) in [5.74, 6) is -2.51. The molecule has 1 saturated heterocycles. The highest BCUT2D eigenvalue weighted by Gasteiger charge is 2.29. The Kier molecular flexibility index (Phi) is 7.21. The number of nitrogens with zero attached hydrogens (tertiary/aromatic N) is 2. The average Bonchev–Trinajstić information content (AvgIpc) is 2.90. The van der Waals surface area contributed by atoms with Crippen LogP contribution in [-0.4, -0.2) is 60.2 Å². The Bertz CT molecular complexity index is 959. The van der Waals surface area contributed by atoms with Crippen molar-refractivity contribution in [3.05, 3.63) is 76.8 Å². The number of anilines is 1. The van der Waals surface area contributed by atoms with Gasteiger partial charge in [0.1, 0.15) is 0 Å². The summed E-state index contributed by atoms with van der Waals surface area (Å²) < 4.78 is 5.64. The molecule has 7 nitrogen and oxygen atoms in total. The Labute approximate surface area is 178 Å². The highest BCUT2D eigenvalue weighted by atomic mass is 35.5. The molecule has 0 radical (unpaired) electrons. The van der Waals surface area contributed by atoms with Gasteiger partial charge in [-0.3, -0.25) is 4.99 Å². The van der Waals surface area contributed by atoms with Gasteiger partial charge in [0.15, 0.2) is 0 Å². The number of aliphatic imine (C=N–C) groups is 1. The summed E-state index contributed by atoms with van der Waals surface area (Å²) in [6, 6.07) is 16.7. The van der Waals surface area contributed by atoms with E-state index in [1.165, 1.54) is 5.69 Å². The van der Waals surface area contributed by atoms with Crippen molar-refractivity contribution in [2.24, 2.45) is 4.99 Å². The van der Waals surface area contributed by atoms with Gasteiger partial charge in [-0.1, -0.05) is 41.9 Å². The van der Waals surface area contributed by atoms with Gasteiger partial charge in [0, 0.05) is 40.5 Å². The third kappa shape index (κ3) is 5.46. The molecule has 0 bridgehead atoms. The number of carboxylic acid groups (broad SMARTS) is 2. The number of hydrogen-bond donors (Lipinski definition) is 2. The van der Waals surface area contributed by atoms with Crippen LogP contribution in [0.25, 0.3) is 0 Å². The van der Waals surface area contributed by atoms with Crippen LogP contribution in [-0.2, 0) is 14.3 Å². The molecule has 0 aliphatic carbocycles. The van der Waals surface area contributed by atoms with E-state index in [-0.39, 0.29) is 0 Å². The lowest BCUT2D eigenvalue weighted by molar-refractivity contribution is -0.134. The van der Waals surface area contributed by atoms with Gasteiger partial charge in [0.25, 0.3) is 0 Å². The summed E-state index contributed by atoms with van der Waals surface area (Å²) in [4.78, 5) is 26.4. The first-order chi connectivity index (χ1) is 14.5. The number of morpholine rings is 1. The predicted molar refractivity (Wildman–Crippen MR) is 115 cm³/mol. The number of ether oxygens (including phenoxy) is 1. The Balaban J connectivity index is 0.000000275. The normalized spacial score (nSPS) is 17.7. The van der Waals surface area contributed by atoms with E-state index >= 15 is 0 Å². The quantitative estimate of drug-likeness (QED) is 0.729. The van der Waals surface area contributed by atoms with Crippen LogP contribution >= 0.6 is 11.6 Å². The lowest BCUT2D eigenvalue weighted by Gasteiger charge is -2.36. The highest BCUT2D eigenvalue weighted by Crippen LogP contribution is 2.32. The zero-order chi connectivity index (χ0) is 21.5. The van der Waals surface area contributed by atoms with Gasteiger partial charge in [-0.05, 0) is 18.2 Å². The van der Waals surface area contributed by atoms with E-state index in [1.807, 2.05) is 30.3 Å². The summed E-state index contributed by atoms with van der Waals surface area (Å²) in [5.41, 5.74) is 4.47. The van der Waals surface area contributed by atoms with Gasteiger partial charge in [-0.15, -0.1) is 0 Å². The van der Waals surface area contributed by atoms with Gasteiger partial charge in [-0.2, -0.15) is 0 Å². The van der Waals surface area contributed by atoms with Crippen molar-refractivity contribution < 1.29 is 24.5 Å². The van der Waals surface area contributed by atoms with Crippen molar-refractivity contribution in [3.63, 3.8) is 0 Å². The van der Waals surface area contributed by atoms with E-state index < -0.39 is 11.9 Å². The second-order valence-electron chi connectivity index (χ2n) is 6.65. The largest absolute Gasteiger partial charge is 0.478 e. The first-order valence-electron chi connectivity index (χ1n) is 9.34. The Hall–Kier alpha value is -3.16. The fraction of sp³-hybridized carbons (Fsp3) is 0.227. The van der Waals surface area contributed by atoms with E-state index in [0.29, 0.717) is 18.2 Å². The summed E-state index contributed by atoms with van der Waals surface area (Å²) in [7, 11) is 0. The van der Waals surface area contributed by atoms with Crippen molar-refractivity contribution >= 4 is 34.9 Å². The lowest BCUT2D eigenvalue weighted by Crippen LogP contribution is -2.47. The minimum absolute atomic E-state index is 0.301. The first-order valence-corrected chi connectivity index (χ1v) is 9.71. The second-order valence-corrected chi connectivity index (χ2v) is 7.09. The van der Waals surface area contributed by atoms with Gasteiger partial charge in [0.2, 0.25) is 0 Å². The predicted octanol–water partition coefficient (Wildman–Crippen LogP) is 3.11. The SMILES string of the molecule is Clc1ccc2c(c1)C(c1ccccc1)=NCC1COCCN21.O=C(O)/C=C\C(=O)O. The monoisotopic (exact) mass is 428 g/mol. The number of halogens is 1. The fourth-order valence-corrected chi connectivity index (χ4v) is 3.51. The fourth-order valence-electron chi connectivity index (χ4n) is 3.34. The van der Waals surface area contributed by atoms with Crippen LogP contribution in [0.1, 0.15) is 11.1 Å². The van der Waals surface area contributed by atoms with Crippen molar-refractivity contribution in [2.45, 2.75) is 6.04 Å². The van der Waals surface area contributed by atoms with E-state index in [0.717, 1.165) is 48.2 Å². The number of fused-ring (bicyclic) bond motifs is 3. The molecule has 156 valence electrons. The maximum absolute atomic E-state index is 9.55. The van der Waals surface area contributed by atoms with Crippen LogP contribution in [0.3, 0.4) is 0 Å². The molecule has 2 aromatic carbocycles. The van der Waals surface area contributed by atoms with Crippen molar-refractivity contribution in [2.75, 3.05) is 31.2 Å². The number of aliphatic carboxylic acids is 2. The van der Waals surface area contributed by atoms with Crippen molar-refractivity contribution in [3.8, 4) is 0 Å². The molecule has 8 heteroatoms. The maximum atomic E-state index is 9.55. The van der Waals surface area contributed by atoms with Crippen LogP contribution in [0.15, 0.2) is 65.7 Å². The minimum Gasteiger partial charge on any atom is -0.478 e. The smallest absolute Gasteiger partial charge is 0.328 e. The van der Waals surface area contributed by atoms with Crippen LogP contribution in [0.4, 0.5) is 5.69 Å². The average molecular weight is 429 g/mol. The van der Waals surface area contributed by atoms with E-state index in [9.17, 15) is 9.59 Å².